The Balaban J connectivity index is 1.71. The summed E-state index contributed by atoms with van der Waals surface area (Å²) in [5.74, 6) is -0.194. The number of nitrogens with one attached hydrogen (secondary N) is 3. The molecule has 1 atom stereocenters. The quantitative estimate of drug-likeness (QED) is 0.285. The summed E-state index contributed by atoms with van der Waals surface area (Å²) < 4.78 is 52.6. The number of imidazole rings is 1. The van der Waals surface area contributed by atoms with Gasteiger partial charge in [-0.2, -0.15) is 13.2 Å². The molecular formula is C26H28F3N5O3. The van der Waals surface area contributed by atoms with E-state index in [2.05, 4.69) is 15.3 Å². The number of oxazole rings is 1. The molecular weight excluding hydrogens is 487 g/mol. The molecule has 0 fully saturated rings. The Bertz CT molecular complexity index is 1480. The summed E-state index contributed by atoms with van der Waals surface area (Å²) in [5.41, 5.74) is -0.461. The minimum Gasteiger partial charge on any atom is -0.462 e. The fraction of sp³-hybridized carbons (Fsp3) is 0.346. The van der Waals surface area contributed by atoms with E-state index in [-0.39, 0.29) is 23.8 Å². The number of alkyl halides is 3. The van der Waals surface area contributed by atoms with Gasteiger partial charge in [0.05, 0.1) is 34.1 Å². The molecule has 196 valence electrons. The van der Waals surface area contributed by atoms with Crippen molar-refractivity contribution >= 4 is 23.0 Å². The maximum atomic E-state index is 13.5. The lowest BCUT2D eigenvalue weighted by Crippen LogP contribution is -2.40. The Morgan fingerprint density at radius 2 is 1.84 bits per heavy atom. The summed E-state index contributed by atoms with van der Waals surface area (Å²) in [4.78, 5) is 20.3. The number of esters is 1. The zero-order chi connectivity index (χ0) is 27.0. The number of para-hydroxylation sites is 1. The first kappa shape index (κ1) is 26.1. The first-order valence-electron chi connectivity index (χ1n) is 11.6. The number of anilines is 1. The van der Waals surface area contributed by atoms with Crippen molar-refractivity contribution in [1.29, 1.82) is 5.41 Å². The molecule has 1 unspecified atom stereocenters. The van der Waals surface area contributed by atoms with Crippen LogP contribution in [0.3, 0.4) is 0 Å². The van der Waals surface area contributed by atoms with Crippen LogP contribution in [0.15, 0.2) is 59.3 Å². The standard InChI is InChI=1S/C26H28F3N5O3/c1-24(2,3)21(35)37-15-25(4,17-8-6-9-18(13-17)26(27,28)29)33-23-31-19-10-5-7-16(20(19)32-23)14-34-11-12-36-22(34)30/h5-13,30H,14-15H2,1-4H3,(H2,31,32,33). The van der Waals surface area contributed by atoms with Crippen molar-refractivity contribution in [2.45, 2.75) is 46.0 Å². The fourth-order valence-corrected chi connectivity index (χ4v) is 3.81. The molecule has 0 aliphatic rings. The molecule has 0 radical (unpaired) electrons. The molecule has 2 aromatic carbocycles. The van der Waals surface area contributed by atoms with E-state index < -0.39 is 28.7 Å². The van der Waals surface area contributed by atoms with Crippen LogP contribution in [0.4, 0.5) is 19.1 Å². The van der Waals surface area contributed by atoms with Crippen LogP contribution >= 0.6 is 0 Å². The summed E-state index contributed by atoms with van der Waals surface area (Å²) in [6, 6.07) is 10.4. The van der Waals surface area contributed by atoms with Crippen molar-refractivity contribution in [2.24, 2.45) is 5.41 Å². The fourth-order valence-electron chi connectivity index (χ4n) is 3.81. The van der Waals surface area contributed by atoms with Crippen molar-refractivity contribution < 1.29 is 27.1 Å². The van der Waals surface area contributed by atoms with Crippen molar-refractivity contribution in [1.82, 2.24) is 14.5 Å². The van der Waals surface area contributed by atoms with Crippen molar-refractivity contribution in [3.05, 3.63) is 77.3 Å². The number of aromatic nitrogens is 3. The number of fused-ring (bicyclic) bond motifs is 1. The highest BCUT2D eigenvalue weighted by molar-refractivity contribution is 5.81. The van der Waals surface area contributed by atoms with Crippen LogP contribution < -0.4 is 11.0 Å². The van der Waals surface area contributed by atoms with E-state index >= 15 is 0 Å². The Labute approximate surface area is 211 Å². The number of halogens is 3. The molecule has 0 amide bonds. The van der Waals surface area contributed by atoms with Crippen molar-refractivity contribution in [3.8, 4) is 0 Å². The van der Waals surface area contributed by atoms with Gasteiger partial charge in [0.1, 0.15) is 12.9 Å². The van der Waals surface area contributed by atoms with Crippen LogP contribution in [0.25, 0.3) is 11.0 Å². The molecule has 0 bridgehead atoms. The van der Waals surface area contributed by atoms with Gasteiger partial charge < -0.3 is 19.5 Å². The van der Waals surface area contributed by atoms with E-state index in [0.29, 0.717) is 17.6 Å². The number of carbonyl (C=O) groups is 1. The Morgan fingerprint density at radius 3 is 2.49 bits per heavy atom. The van der Waals surface area contributed by atoms with Crippen molar-refractivity contribution in [2.75, 3.05) is 11.9 Å². The first-order valence-corrected chi connectivity index (χ1v) is 11.6. The lowest BCUT2D eigenvalue weighted by Gasteiger charge is -2.32. The molecule has 2 aromatic heterocycles. The molecule has 0 spiro atoms. The second kappa shape index (κ2) is 9.45. The predicted molar refractivity (Wildman–Crippen MR) is 131 cm³/mol. The molecule has 0 aliphatic heterocycles. The molecule has 2 heterocycles. The van der Waals surface area contributed by atoms with Crippen LogP contribution in [0.2, 0.25) is 0 Å². The van der Waals surface area contributed by atoms with Gasteiger partial charge in [-0.25, -0.2) is 4.98 Å². The average Bonchev–Trinajstić information content (AvgIpc) is 3.42. The van der Waals surface area contributed by atoms with Gasteiger partial charge >= 0.3 is 12.1 Å². The SMILES string of the molecule is CC(C)(C)C(=O)OCC(C)(Nc1nc2c(Cn3ccoc3=N)cccc2[nH]1)c1cccc(C(F)(F)F)c1. The molecule has 3 N–H and O–H groups in total. The number of aromatic amines is 1. The third kappa shape index (κ3) is 5.71. The topological polar surface area (TPSA) is 109 Å². The summed E-state index contributed by atoms with van der Waals surface area (Å²) in [6.45, 7) is 6.86. The second-order valence-electron chi connectivity index (χ2n) is 10.1. The smallest absolute Gasteiger partial charge is 0.416 e. The van der Waals surface area contributed by atoms with Gasteiger partial charge in [0, 0.05) is 6.20 Å². The largest absolute Gasteiger partial charge is 0.462 e. The molecule has 4 aromatic rings. The molecule has 8 nitrogen and oxygen atoms in total. The van der Waals surface area contributed by atoms with Crippen LogP contribution in [0.5, 0.6) is 0 Å². The van der Waals surface area contributed by atoms with Gasteiger partial charge in [0.25, 0.3) is 5.68 Å². The first-order chi connectivity index (χ1) is 17.3. The maximum absolute atomic E-state index is 13.5. The number of nitrogens with zero attached hydrogens (tertiary/aromatic N) is 2. The van der Waals surface area contributed by atoms with E-state index in [1.165, 1.54) is 12.3 Å². The summed E-state index contributed by atoms with van der Waals surface area (Å²) >= 11 is 0. The Kier molecular flexibility index (Phi) is 6.66. The van der Waals surface area contributed by atoms with Crippen LogP contribution in [-0.2, 0) is 27.8 Å². The third-order valence-electron chi connectivity index (χ3n) is 5.94. The van der Waals surface area contributed by atoms with Gasteiger partial charge in [-0.05, 0) is 57.0 Å². The average molecular weight is 516 g/mol. The Hall–Kier alpha value is -4.02. The monoisotopic (exact) mass is 515 g/mol. The molecule has 37 heavy (non-hydrogen) atoms. The number of H-pyrrole nitrogens is 1. The highest BCUT2D eigenvalue weighted by atomic mass is 19.4. The maximum Gasteiger partial charge on any atom is 0.416 e. The number of benzene rings is 2. The second-order valence-corrected chi connectivity index (χ2v) is 10.1. The van der Waals surface area contributed by atoms with Crippen LogP contribution in [0.1, 0.15) is 44.4 Å². The minimum absolute atomic E-state index is 0.0105. The van der Waals surface area contributed by atoms with Crippen LogP contribution in [0, 0.1) is 10.8 Å². The van der Waals surface area contributed by atoms with Gasteiger partial charge in [-0.1, -0.05) is 24.3 Å². The third-order valence-corrected chi connectivity index (χ3v) is 5.94. The van der Waals surface area contributed by atoms with E-state index in [1.807, 2.05) is 18.2 Å². The minimum atomic E-state index is -4.53. The molecule has 0 saturated heterocycles. The van der Waals surface area contributed by atoms with E-state index in [1.54, 1.807) is 44.5 Å². The Morgan fingerprint density at radius 1 is 1.14 bits per heavy atom. The summed E-state index contributed by atoms with van der Waals surface area (Å²) in [6.07, 6.45) is -1.48. The van der Waals surface area contributed by atoms with E-state index in [9.17, 15) is 18.0 Å². The molecule has 0 aliphatic carbocycles. The van der Waals surface area contributed by atoms with Crippen molar-refractivity contribution in [3.63, 3.8) is 0 Å². The zero-order valence-electron chi connectivity index (χ0n) is 20.9. The predicted octanol–water partition coefficient (Wildman–Crippen LogP) is 5.42. The van der Waals surface area contributed by atoms with E-state index in [0.717, 1.165) is 17.7 Å². The summed E-state index contributed by atoms with van der Waals surface area (Å²) in [5, 5.41) is 11.0. The van der Waals surface area contributed by atoms with Crippen LogP contribution in [-0.4, -0.2) is 27.1 Å². The highest BCUT2D eigenvalue weighted by Crippen LogP contribution is 2.34. The normalized spacial score (nSPS) is 13.9. The number of hydrogen-bond donors (Lipinski definition) is 3. The lowest BCUT2D eigenvalue weighted by atomic mass is 9.91. The van der Waals surface area contributed by atoms with Gasteiger partial charge in [0.15, 0.2) is 0 Å². The molecule has 11 heteroatoms. The van der Waals surface area contributed by atoms with E-state index in [4.69, 9.17) is 14.6 Å². The molecule has 0 saturated carbocycles. The highest BCUT2D eigenvalue weighted by Gasteiger charge is 2.36. The zero-order valence-corrected chi connectivity index (χ0v) is 20.9. The molecule has 4 rings (SSSR count). The number of rotatable bonds is 7. The van der Waals surface area contributed by atoms with Gasteiger partial charge in [-0.15, -0.1) is 0 Å². The number of hydrogen-bond acceptors (Lipinski definition) is 6. The van der Waals surface area contributed by atoms with Gasteiger partial charge in [-0.3, -0.25) is 14.8 Å². The lowest BCUT2D eigenvalue weighted by molar-refractivity contribution is -0.154. The summed E-state index contributed by atoms with van der Waals surface area (Å²) in [7, 11) is 0. The van der Waals surface area contributed by atoms with Gasteiger partial charge in [0.2, 0.25) is 5.95 Å². The number of carbonyl (C=O) groups excluding carboxylic acids is 1. The number of ether oxygens (including phenoxy) is 1.